The smallest absolute Gasteiger partial charge is 0.239 e. The first-order valence-electron chi connectivity index (χ1n) is 9.91. The van der Waals surface area contributed by atoms with Crippen molar-refractivity contribution in [2.75, 3.05) is 20.2 Å². The molecule has 0 bridgehead atoms. The van der Waals surface area contributed by atoms with Crippen LogP contribution < -0.4 is 25.4 Å². The number of carbonyl (C=O) groups excluding carboxylic acids is 1. The maximum Gasteiger partial charge on any atom is 0.239 e. The maximum absolute atomic E-state index is 11.9. The standard InChI is InChI=1S/C22H31N5O3/c1-6-29-17-9-7-8-10-18(17)30-20-12-11-16(13-24-20)14-25-21(23-5)26-15-19(28)27-22(2,3)4/h7-13H,6,14-15H2,1-5H3,(H,27,28)(H2,23,25,26). The Hall–Kier alpha value is -3.29. The van der Waals surface area contributed by atoms with Gasteiger partial charge in [0.25, 0.3) is 0 Å². The van der Waals surface area contributed by atoms with Crippen molar-refractivity contribution in [3.05, 3.63) is 48.2 Å². The number of aliphatic imine (C=N–C) groups is 1. The third-order valence-electron chi connectivity index (χ3n) is 3.78. The van der Waals surface area contributed by atoms with E-state index in [1.165, 1.54) is 0 Å². The van der Waals surface area contributed by atoms with Gasteiger partial charge in [-0.15, -0.1) is 0 Å². The third-order valence-corrected chi connectivity index (χ3v) is 3.78. The highest BCUT2D eigenvalue weighted by Crippen LogP contribution is 2.30. The molecule has 0 fully saturated rings. The lowest BCUT2D eigenvalue weighted by atomic mass is 10.1. The molecule has 1 aromatic heterocycles. The van der Waals surface area contributed by atoms with Crippen molar-refractivity contribution in [2.24, 2.45) is 4.99 Å². The van der Waals surface area contributed by atoms with Gasteiger partial charge in [0.05, 0.1) is 13.2 Å². The molecule has 0 radical (unpaired) electrons. The third kappa shape index (κ3) is 7.98. The summed E-state index contributed by atoms with van der Waals surface area (Å²) in [5.74, 6) is 2.21. The van der Waals surface area contributed by atoms with E-state index in [2.05, 4.69) is 25.9 Å². The number of amides is 1. The molecule has 1 amide bonds. The fraction of sp³-hybridized carbons (Fsp3) is 0.409. The molecule has 30 heavy (non-hydrogen) atoms. The van der Waals surface area contributed by atoms with E-state index >= 15 is 0 Å². The van der Waals surface area contributed by atoms with Gasteiger partial charge in [-0.2, -0.15) is 0 Å². The molecular weight excluding hydrogens is 382 g/mol. The zero-order valence-electron chi connectivity index (χ0n) is 18.3. The predicted octanol–water partition coefficient (Wildman–Crippen LogP) is 2.85. The molecule has 8 heteroatoms. The first kappa shape index (κ1) is 23.0. The van der Waals surface area contributed by atoms with Crippen molar-refractivity contribution in [3.8, 4) is 17.4 Å². The van der Waals surface area contributed by atoms with E-state index in [9.17, 15) is 4.79 Å². The summed E-state index contributed by atoms with van der Waals surface area (Å²) < 4.78 is 11.4. The number of guanidine groups is 1. The van der Waals surface area contributed by atoms with Crippen LogP contribution in [-0.2, 0) is 11.3 Å². The molecule has 0 spiro atoms. The number of benzene rings is 1. The van der Waals surface area contributed by atoms with Crippen molar-refractivity contribution >= 4 is 11.9 Å². The zero-order valence-corrected chi connectivity index (χ0v) is 18.3. The van der Waals surface area contributed by atoms with E-state index in [0.29, 0.717) is 36.5 Å². The molecule has 0 saturated carbocycles. The van der Waals surface area contributed by atoms with Crippen molar-refractivity contribution < 1.29 is 14.3 Å². The number of rotatable bonds is 8. The summed E-state index contributed by atoms with van der Waals surface area (Å²) in [6.07, 6.45) is 1.73. The number of para-hydroxylation sites is 2. The van der Waals surface area contributed by atoms with E-state index in [1.807, 2.05) is 58.0 Å². The number of ether oxygens (including phenoxy) is 2. The van der Waals surface area contributed by atoms with Gasteiger partial charge in [0.1, 0.15) is 0 Å². The van der Waals surface area contributed by atoms with E-state index < -0.39 is 0 Å². The molecule has 162 valence electrons. The van der Waals surface area contributed by atoms with Crippen LogP contribution in [0.25, 0.3) is 0 Å². The van der Waals surface area contributed by atoms with Gasteiger partial charge in [-0.05, 0) is 45.4 Å². The molecule has 8 nitrogen and oxygen atoms in total. The fourth-order valence-corrected chi connectivity index (χ4v) is 2.53. The minimum atomic E-state index is -0.269. The molecule has 3 N–H and O–H groups in total. The summed E-state index contributed by atoms with van der Waals surface area (Å²) in [7, 11) is 1.65. The second-order valence-electron chi connectivity index (χ2n) is 7.56. The highest BCUT2D eigenvalue weighted by molar-refractivity contribution is 5.86. The van der Waals surface area contributed by atoms with Crippen LogP contribution in [0.3, 0.4) is 0 Å². The first-order chi connectivity index (χ1) is 14.3. The molecule has 0 aliphatic rings. The Balaban J connectivity index is 1.86. The lowest BCUT2D eigenvalue weighted by molar-refractivity contribution is -0.121. The SMILES string of the molecule is CCOc1ccccc1Oc1ccc(CNC(=NC)NCC(=O)NC(C)(C)C)cn1. The summed E-state index contributed by atoms with van der Waals surface area (Å²) in [5.41, 5.74) is 0.677. The van der Waals surface area contributed by atoms with Gasteiger partial charge in [0.2, 0.25) is 11.8 Å². The van der Waals surface area contributed by atoms with Crippen LogP contribution in [0.2, 0.25) is 0 Å². The monoisotopic (exact) mass is 413 g/mol. The Morgan fingerprint density at radius 1 is 1.10 bits per heavy atom. The van der Waals surface area contributed by atoms with Crippen LogP contribution in [0.1, 0.15) is 33.3 Å². The van der Waals surface area contributed by atoms with Crippen LogP contribution in [0.4, 0.5) is 0 Å². The normalized spacial score (nSPS) is 11.6. The van der Waals surface area contributed by atoms with Gasteiger partial charge in [-0.25, -0.2) is 4.98 Å². The number of hydrogen-bond acceptors (Lipinski definition) is 5. The molecule has 0 unspecified atom stereocenters. The number of nitrogens with one attached hydrogen (secondary N) is 3. The van der Waals surface area contributed by atoms with Gasteiger partial charge >= 0.3 is 0 Å². The largest absolute Gasteiger partial charge is 0.490 e. The summed E-state index contributed by atoms with van der Waals surface area (Å²) in [5, 5.41) is 9.04. The molecule has 1 aromatic carbocycles. The van der Waals surface area contributed by atoms with E-state index in [-0.39, 0.29) is 18.0 Å². The number of hydrogen-bond donors (Lipinski definition) is 3. The van der Waals surface area contributed by atoms with Gasteiger partial charge in [-0.1, -0.05) is 18.2 Å². The average Bonchev–Trinajstić information content (AvgIpc) is 2.69. The van der Waals surface area contributed by atoms with E-state index in [4.69, 9.17) is 9.47 Å². The van der Waals surface area contributed by atoms with Crippen molar-refractivity contribution in [3.63, 3.8) is 0 Å². The molecule has 0 aliphatic carbocycles. The Bertz CT molecular complexity index is 845. The lowest BCUT2D eigenvalue weighted by Crippen LogP contribution is -2.48. The highest BCUT2D eigenvalue weighted by Gasteiger charge is 2.13. The van der Waals surface area contributed by atoms with Crippen molar-refractivity contribution in [1.29, 1.82) is 0 Å². The minimum Gasteiger partial charge on any atom is -0.490 e. The van der Waals surface area contributed by atoms with Gasteiger partial charge in [0, 0.05) is 31.4 Å². The summed E-state index contributed by atoms with van der Waals surface area (Å²) >= 11 is 0. The molecule has 2 rings (SSSR count). The fourth-order valence-electron chi connectivity index (χ4n) is 2.53. The zero-order chi connectivity index (χ0) is 22.0. The molecule has 1 heterocycles. The average molecular weight is 414 g/mol. The second-order valence-corrected chi connectivity index (χ2v) is 7.56. The maximum atomic E-state index is 11.9. The molecule has 0 saturated heterocycles. The number of aromatic nitrogens is 1. The topological polar surface area (TPSA) is 96.9 Å². The Labute approximate surface area is 178 Å². The molecule has 0 atom stereocenters. The van der Waals surface area contributed by atoms with E-state index in [0.717, 1.165) is 5.56 Å². The highest BCUT2D eigenvalue weighted by atomic mass is 16.5. The van der Waals surface area contributed by atoms with Gasteiger partial charge < -0.3 is 25.4 Å². The summed E-state index contributed by atoms with van der Waals surface area (Å²) in [6, 6.07) is 11.2. The first-order valence-corrected chi connectivity index (χ1v) is 9.91. The number of pyridine rings is 1. The van der Waals surface area contributed by atoms with Crippen LogP contribution in [-0.4, -0.2) is 42.6 Å². The Kier molecular flexibility index (Phi) is 8.46. The van der Waals surface area contributed by atoms with Crippen LogP contribution in [0.15, 0.2) is 47.6 Å². The van der Waals surface area contributed by atoms with Crippen LogP contribution in [0.5, 0.6) is 17.4 Å². The Morgan fingerprint density at radius 2 is 1.83 bits per heavy atom. The lowest BCUT2D eigenvalue weighted by Gasteiger charge is -2.21. The van der Waals surface area contributed by atoms with Crippen LogP contribution in [0, 0.1) is 0 Å². The number of nitrogens with zero attached hydrogens (tertiary/aromatic N) is 2. The molecule has 2 aromatic rings. The minimum absolute atomic E-state index is 0.0963. The summed E-state index contributed by atoms with van der Waals surface area (Å²) in [4.78, 5) is 20.4. The molecular formula is C22H31N5O3. The predicted molar refractivity (Wildman–Crippen MR) is 118 cm³/mol. The van der Waals surface area contributed by atoms with E-state index in [1.54, 1.807) is 19.3 Å². The second kappa shape index (κ2) is 11.0. The molecule has 0 aliphatic heterocycles. The van der Waals surface area contributed by atoms with Gasteiger partial charge in [0.15, 0.2) is 17.5 Å². The quantitative estimate of drug-likeness (QED) is 0.455. The van der Waals surface area contributed by atoms with Crippen LogP contribution >= 0.6 is 0 Å². The number of carbonyl (C=O) groups is 1. The van der Waals surface area contributed by atoms with Gasteiger partial charge in [-0.3, -0.25) is 9.79 Å². The van der Waals surface area contributed by atoms with Crippen molar-refractivity contribution in [2.45, 2.75) is 39.8 Å². The summed E-state index contributed by atoms with van der Waals surface area (Å²) in [6.45, 7) is 8.95. The Morgan fingerprint density at radius 3 is 2.43 bits per heavy atom. The van der Waals surface area contributed by atoms with Crippen molar-refractivity contribution in [1.82, 2.24) is 20.9 Å².